The Morgan fingerprint density at radius 1 is 1.28 bits per heavy atom. The largest absolute Gasteiger partial charge is 0.486 e. The Hall–Kier alpha value is -2.91. The molecule has 1 saturated heterocycles. The molecule has 2 aliphatic rings. The molecule has 148 valence electrons. The molecule has 0 aliphatic carbocycles. The zero-order valence-electron chi connectivity index (χ0n) is 15.4. The number of thiazole rings is 1. The molecule has 1 aromatic carbocycles. The second kappa shape index (κ2) is 7.49. The Morgan fingerprint density at radius 3 is 3.00 bits per heavy atom. The molecule has 2 bridgehead atoms. The van der Waals surface area contributed by atoms with E-state index in [9.17, 15) is 9.18 Å². The highest BCUT2D eigenvalue weighted by atomic mass is 32.1. The van der Waals surface area contributed by atoms with E-state index in [1.54, 1.807) is 23.7 Å². The number of rotatable bonds is 5. The number of nitrogens with one attached hydrogen (secondary N) is 2. The Balaban J connectivity index is 1.22. The Kier molecular flexibility index (Phi) is 4.69. The molecule has 2 unspecified atom stereocenters. The summed E-state index contributed by atoms with van der Waals surface area (Å²) in [6.07, 6.45) is 4.91. The molecule has 1 fully saturated rings. The molecular formula is C20H18FN5O2S. The predicted octanol–water partition coefficient (Wildman–Crippen LogP) is 3.25. The van der Waals surface area contributed by atoms with E-state index in [1.165, 1.54) is 23.5 Å². The van der Waals surface area contributed by atoms with Crippen molar-refractivity contribution in [3.8, 4) is 5.75 Å². The number of hydrogen-bond acceptors (Lipinski definition) is 7. The van der Waals surface area contributed by atoms with Crippen molar-refractivity contribution in [2.75, 3.05) is 5.32 Å². The van der Waals surface area contributed by atoms with Crippen LogP contribution in [0.3, 0.4) is 0 Å². The lowest BCUT2D eigenvalue weighted by atomic mass is 10.0. The fourth-order valence-electron chi connectivity index (χ4n) is 3.72. The summed E-state index contributed by atoms with van der Waals surface area (Å²) in [5, 5.41) is 8.60. The van der Waals surface area contributed by atoms with Gasteiger partial charge in [0, 0.05) is 35.6 Å². The van der Waals surface area contributed by atoms with E-state index < -0.39 is 0 Å². The van der Waals surface area contributed by atoms with Crippen LogP contribution in [-0.4, -0.2) is 26.9 Å². The van der Waals surface area contributed by atoms with Gasteiger partial charge in [-0.25, -0.2) is 19.3 Å². The van der Waals surface area contributed by atoms with Crippen LogP contribution in [0.1, 0.15) is 45.6 Å². The molecule has 29 heavy (non-hydrogen) atoms. The third-order valence-corrected chi connectivity index (χ3v) is 5.96. The summed E-state index contributed by atoms with van der Waals surface area (Å²) in [7, 11) is 0. The topological polar surface area (TPSA) is 89.0 Å². The molecular weight excluding hydrogens is 393 g/mol. The van der Waals surface area contributed by atoms with Crippen LogP contribution in [0, 0.1) is 5.82 Å². The van der Waals surface area contributed by atoms with Crippen molar-refractivity contribution < 1.29 is 13.9 Å². The summed E-state index contributed by atoms with van der Waals surface area (Å²) in [5.74, 6) is 0.163. The van der Waals surface area contributed by atoms with Crippen LogP contribution in [0.5, 0.6) is 5.75 Å². The number of anilines is 1. The number of carbonyl (C=O) groups excluding carboxylic acids is 1. The Morgan fingerprint density at radius 2 is 2.14 bits per heavy atom. The van der Waals surface area contributed by atoms with E-state index in [4.69, 9.17) is 4.74 Å². The summed E-state index contributed by atoms with van der Waals surface area (Å²) in [6, 6.07) is 6.55. The predicted molar refractivity (Wildman–Crippen MR) is 105 cm³/mol. The Labute approximate surface area is 170 Å². The number of carbonyl (C=O) groups is 1. The minimum absolute atomic E-state index is 0.203. The van der Waals surface area contributed by atoms with Crippen LogP contribution < -0.4 is 15.4 Å². The number of ether oxygens (including phenoxy) is 1. The van der Waals surface area contributed by atoms with E-state index in [1.807, 2.05) is 0 Å². The molecule has 2 N–H and O–H groups in total. The van der Waals surface area contributed by atoms with E-state index in [-0.39, 0.29) is 24.0 Å². The van der Waals surface area contributed by atoms with Crippen molar-refractivity contribution in [3.05, 3.63) is 63.6 Å². The first-order valence-corrected chi connectivity index (χ1v) is 10.3. The van der Waals surface area contributed by atoms with Crippen molar-refractivity contribution in [1.82, 2.24) is 20.3 Å². The third kappa shape index (κ3) is 3.83. The van der Waals surface area contributed by atoms with Gasteiger partial charge in [0.05, 0.1) is 5.69 Å². The third-order valence-electron chi connectivity index (χ3n) is 5.14. The summed E-state index contributed by atoms with van der Waals surface area (Å²) in [4.78, 5) is 25.7. The average Bonchev–Trinajstić information content (AvgIpc) is 3.35. The van der Waals surface area contributed by atoms with Gasteiger partial charge in [-0.1, -0.05) is 0 Å². The number of halogens is 1. The van der Waals surface area contributed by atoms with Gasteiger partial charge in [-0.05, 0) is 37.1 Å². The van der Waals surface area contributed by atoms with Crippen molar-refractivity contribution in [2.24, 2.45) is 0 Å². The van der Waals surface area contributed by atoms with Crippen LogP contribution in [0.4, 0.5) is 10.3 Å². The van der Waals surface area contributed by atoms with Gasteiger partial charge in [-0.3, -0.25) is 10.1 Å². The van der Waals surface area contributed by atoms with Gasteiger partial charge in [0.1, 0.15) is 28.9 Å². The second-order valence-corrected chi connectivity index (χ2v) is 8.06. The monoisotopic (exact) mass is 411 g/mol. The molecule has 9 heteroatoms. The van der Waals surface area contributed by atoms with Crippen LogP contribution in [0.25, 0.3) is 0 Å². The number of nitrogens with zero attached hydrogens (tertiary/aromatic N) is 3. The summed E-state index contributed by atoms with van der Waals surface area (Å²) < 4.78 is 18.5. The number of amides is 1. The van der Waals surface area contributed by atoms with Crippen LogP contribution >= 0.6 is 11.3 Å². The van der Waals surface area contributed by atoms with Crippen molar-refractivity contribution >= 4 is 23.2 Å². The van der Waals surface area contributed by atoms with Gasteiger partial charge in [-0.15, -0.1) is 11.3 Å². The molecule has 0 saturated carbocycles. The first kappa shape index (κ1) is 18.1. The number of aromatic nitrogens is 3. The fraction of sp³-hybridized carbons (Fsp3) is 0.300. The summed E-state index contributed by atoms with van der Waals surface area (Å²) >= 11 is 1.32. The lowest BCUT2D eigenvalue weighted by molar-refractivity contribution is 0.102. The highest BCUT2D eigenvalue weighted by molar-refractivity contribution is 7.09. The first-order chi connectivity index (χ1) is 14.1. The second-order valence-electron chi connectivity index (χ2n) is 7.12. The van der Waals surface area contributed by atoms with Crippen LogP contribution in [0.15, 0.2) is 35.8 Å². The van der Waals surface area contributed by atoms with Gasteiger partial charge in [0.15, 0.2) is 0 Å². The van der Waals surface area contributed by atoms with Gasteiger partial charge in [-0.2, -0.15) is 0 Å². The molecule has 2 atom stereocenters. The van der Waals surface area contributed by atoms with Crippen molar-refractivity contribution in [2.45, 2.75) is 38.0 Å². The SMILES string of the molecule is O=C(Nc1ncc2c(n1)CC1CCC2N1)c1csc(COc2ccc(F)cc2)n1. The minimum atomic E-state index is -0.355. The van der Waals surface area contributed by atoms with Gasteiger partial charge in [0.2, 0.25) is 5.95 Å². The number of fused-ring (bicyclic) bond motifs is 4. The molecule has 4 heterocycles. The molecule has 2 aliphatic heterocycles. The molecule has 0 radical (unpaired) electrons. The molecule has 7 nitrogen and oxygen atoms in total. The molecule has 5 rings (SSSR count). The maximum Gasteiger partial charge on any atom is 0.277 e. The number of hydrogen-bond donors (Lipinski definition) is 2. The Bertz CT molecular complexity index is 1060. The summed E-state index contributed by atoms with van der Waals surface area (Å²) in [6.45, 7) is 0.203. The highest BCUT2D eigenvalue weighted by Gasteiger charge is 2.33. The standard InChI is InChI=1S/C20H18FN5O2S/c21-11-1-4-13(5-2-11)28-9-18-24-17(10-29-18)19(27)26-20-22-8-14-15-6-3-12(23-15)7-16(14)25-20/h1-2,4-5,8,10,12,15,23H,3,6-7,9H2,(H,22,25,26,27). The van der Waals surface area contributed by atoms with Gasteiger partial charge >= 0.3 is 0 Å². The lowest BCUT2D eigenvalue weighted by Crippen LogP contribution is -2.33. The minimum Gasteiger partial charge on any atom is -0.486 e. The molecule has 1 amide bonds. The van der Waals surface area contributed by atoms with Gasteiger partial charge < -0.3 is 10.1 Å². The summed E-state index contributed by atoms with van der Waals surface area (Å²) in [5.41, 5.74) is 2.43. The molecule has 2 aromatic heterocycles. The van der Waals surface area contributed by atoms with E-state index in [0.717, 1.165) is 30.5 Å². The maximum atomic E-state index is 12.9. The quantitative estimate of drug-likeness (QED) is 0.670. The maximum absolute atomic E-state index is 12.9. The zero-order chi connectivity index (χ0) is 19.8. The smallest absolute Gasteiger partial charge is 0.277 e. The van der Waals surface area contributed by atoms with E-state index >= 15 is 0 Å². The normalized spacial score (nSPS) is 19.6. The zero-order valence-corrected chi connectivity index (χ0v) is 16.2. The van der Waals surface area contributed by atoms with Crippen LogP contribution in [-0.2, 0) is 13.0 Å². The van der Waals surface area contributed by atoms with Gasteiger partial charge in [0.25, 0.3) is 5.91 Å². The van der Waals surface area contributed by atoms with Crippen LogP contribution in [0.2, 0.25) is 0 Å². The first-order valence-electron chi connectivity index (χ1n) is 9.40. The molecule has 3 aromatic rings. The fourth-order valence-corrected chi connectivity index (χ4v) is 4.41. The van der Waals surface area contributed by atoms with E-state index in [2.05, 4.69) is 25.6 Å². The number of benzene rings is 1. The van der Waals surface area contributed by atoms with E-state index in [0.29, 0.717) is 28.8 Å². The van der Waals surface area contributed by atoms with Crippen molar-refractivity contribution in [3.63, 3.8) is 0 Å². The lowest BCUT2D eigenvalue weighted by Gasteiger charge is -2.23. The average molecular weight is 411 g/mol. The van der Waals surface area contributed by atoms with Crippen molar-refractivity contribution in [1.29, 1.82) is 0 Å². The molecule has 0 spiro atoms. The highest BCUT2D eigenvalue weighted by Crippen LogP contribution is 2.34.